The van der Waals surface area contributed by atoms with Crippen LogP contribution in [-0.4, -0.2) is 29.6 Å². The van der Waals surface area contributed by atoms with Gasteiger partial charge in [-0.2, -0.15) is 0 Å². The predicted molar refractivity (Wildman–Crippen MR) is 85.4 cm³/mol. The summed E-state index contributed by atoms with van der Waals surface area (Å²) in [6, 6.07) is 0.0173. The van der Waals surface area contributed by atoms with Gasteiger partial charge in [-0.15, -0.1) is 0 Å². The molecule has 1 fully saturated rings. The minimum absolute atomic E-state index is 0.0173. The van der Waals surface area contributed by atoms with Crippen molar-refractivity contribution in [2.45, 2.75) is 79.9 Å². The summed E-state index contributed by atoms with van der Waals surface area (Å²) in [6.07, 6.45) is 3.44. The van der Waals surface area contributed by atoms with Crippen molar-refractivity contribution >= 4 is 5.91 Å². The Labute approximate surface area is 125 Å². The smallest absolute Gasteiger partial charge is 0.241 e. The fourth-order valence-electron chi connectivity index (χ4n) is 2.64. The molecule has 3 heteroatoms. The van der Waals surface area contributed by atoms with Gasteiger partial charge in [-0.05, 0) is 23.7 Å². The van der Waals surface area contributed by atoms with Crippen molar-refractivity contribution in [3.8, 4) is 0 Å². The standard InChI is InChI=1S/C17H34N2O/c1-8-10-14-18-15(12(3)9-2)16(20)19(14)11-13(4)17(5,6)7/h12-15,18H,8-11H2,1-7H3. The first kappa shape index (κ1) is 17.5. The molecular weight excluding hydrogens is 248 g/mol. The van der Waals surface area contributed by atoms with E-state index in [1.54, 1.807) is 0 Å². The molecule has 0 spiro atoms. The molecule has 118 valence electrons. The van der Waals surface area contributed by atoms with Gasteiger partial charge >= 0.3 is 0 Å². The van der Waals surface area contributed by atoms with Crippen LogP contribution in [0.4, 0.5) is 0 Å². The largest absolute Gasteiger partial charge is 0.326 e. The molecule has 1 rings (SSSR count). The van der Waals surface area contributed by atoms with E-state index < -0.39 is 0 Å². The van der Waals surface area contributed by atoms with Gasteiger partial charge < -0.3 is 4.90 Å². The second kappa shape index (κ2) is 6.93. The first-order valence-electron chi connectivity index (χ1n) is 8.28. The van der Waals surface area contributed by atoms with Crippen molar-refractivity contribution in [3.63, 3.8) is 0 Å². The van der Waals surface area contributed by atoms with Crippen LogP contribution in [0.15, 0.2) is 0 Å². The fourth-order valence-corrected chi connectivity index (χ4v) is 2.64. The van der Waals surface area contributed by atoms with Crippen molar-refractivity contribution < 1.29 is 4.79 Å². The van der Waals surface area contributed by atoms with Crippen LogP contribution in [-0.2, 0) is 4.79 Å². The van der Waals surface area contributed by atoms with E-state index in [0.29, 0.717) is 17.7 Å². The van der Waals surface area contributed by atoms with E-state index in [2.05, 4.69) is 58.7 Å². The van der Waals surface area contributed by atoms with Crippen molar-refractivity contribution in [1.29, 1.82) is 0 Å². The number of nitrogens with zero attached hydrogens (tertiary/aromatic N) is 1. The van der Waals surface area contributed by atoms with Crippen molar-refractivity contribution in [2.24, 2.45) is 17.3 Å². The van der Waals surface area contributed by atoms with E-state index in [0.717, 1.165) is 25.8 Å². The quantitative estimate of drug-likeness (QED) is 0.806. The lowest BCUT2D eigenvalue weighted by atomic mass is 9.81. The van der Waals surface area contributed by atoms with Gasteiger partial charge in [-0.25, -0.2) is 0 Å². The summed E-state index contributed by atoms with van der Waals surface area (Å²) in [4.78, 5) is 14.8. The second-order valence-electron chi connectivity index (χ2n) is 7.59. The summed E-state index contributed by atoms with van der Waals surface area (Å²) >= 11 is 0. The zero-order chi connectivity index (χ0) is 15.5. The molecule has 0 aromatic carbocycles. The molecule has 0 aromatic rings. The Balaban J connectivity index is 2.82. The van der Waals surface area contributed by atoms with Crippen molar-refractivity contribution in [3.05, 3.63) is 0 Å². The molecule has 0 aliphatic carbocycles. The number of rotatable bonds is 6. The number of amides is 1. The van der Waals surface area contributed by atoms with Crippen LogP contribution in [0.5, 0.6) is 0 Å². The Morgan fingerprint density at radius 3 is 2.30 bits per heavy atom. The molecule has 1 aliphatic heterocycles. The maximum absolute atomic E-state index is 12.7. The monoisotopic (exact) mass is 282 g/mol. The molecule has 1 N–H and O–H groups in total. The Morgan fingerprint density at radius 1 is 1.25 bits per heavy atom. The molecule has 0 saturated carbocycles. The van der Waals surface area contributed by atoms with Gasteiger partial charge in [0.05, 0.1) is 12.2 Å². The Bertz CT molecular complexity index is 321. The second-order valence-corrected chi connectivity index (χ2v) is 7.59. The molecule has 4 unspecified atom stereocenters. The van der Waals surface area contributed by atoms with Crippen LogP contribution in [0.1, 0.15) is 67.7 Å². The zero-order valence-electron chi connectivity index (χ0n) is 14.5. The molecule has 20 heavy (non-hydrogen) atoms. The van der Waals surface area contributed by atoms with Crippen LogP contribution in [0.2, 0.25) is 0 Å². The number of carbonyl (C=O) groups excluding carboxylic acids is 1. The van der Waals surface area contributed by atoms with E-state index >= 15 is 0 Å². The summed E-state index contributed by atoms with van der Waals surface area (Å²) in [5, 5.41) is 3.58. The van der Waals surface area contributed by atoms with Gasteiger partial charge in [0.25, 0.3) is 0 Å². The molecule has 0 radical (unpaired) electrons. The third-order valence-electron chi connectivity index (χ3n) is 5.02. The molecule has 0 bridgehead atoms. The van der Waals surface area contributed by atoms with Gasteiger partial charge in [-0.3, -0.25) is 10.1 Å². The average molecular weight is 282 g/mol. The molecule has 1 heterocycles. The molecule has 1 amide bonds. The molecule has 4 atom stereocenters. The normalized spacial score (nSPS) is 26.9. The maximum atomic E-state index is 12.7. The van der Waals surface area contributed by atoms with Gasteiger partial charge in [0, 0.05) is 6.54 Å². The number of hydrogen-bond acceptors (Lipinski definition) is 2. The molecular formula is C17H34N2O. The highest BCUT2D eigenvalue weighted by atomic mass is 16.2. The van der Waals surface area contributed by atoms with E-state index in [1.807, 2.05) is 0 Å². The zero-order valence-corrected chi connectivity index (χ0v) is 14.5. The molecule has 3 nitrogen and oxygen atoms in total. The SMILES string of the molecule is CCCC1NC(C(C)CC)C(=O)N1CC(C)C(C)(C)C. The van der Waals surface area contributed by atoms with E-state index in [-0.39, 0.29) is 17.6 Å². The van der Waals surface area contributed by atoms with Gasteiger partial charge in [0.15, 0.2) is 0 Å². The third-order valence-corrected chi connectivity index (χ3v) is 5.02. The van der Waals surface area contributed by atoms with Crippen LogP contribution >= 0.6 is 0 Å². The van der Waals surface area contributed by atoms with Crippen molar-refractivity contribution in [2.75, 3.05) is 6.54 Å². The highest BCUT2D eigenvalue weighted by Crippen LogP contribution is 2.29. The lowest BCUT2D eigenvalue weighted by molar-refractivity contribution is -0.131. The molecule has 1 aliphatic rings. The van der Waals surface area contributed by atoms with Gasteiger partial charge in [-0.1, -0.05) is 61.3 Å². The van der Waals surface area contributed by atoms with Crippen LogP contribution in [0.3, 0.4) is 0 Å². The summed E-state index contributed by atoms with van der Waals surface area (Å²) < 4.78 is 0. The van der Waals surface area contributed by atoms with Crippen LogP contribution < -0.4 is 5.32 Å². The van der Waals surface area contributed by atoms with Gasteiger partial charge in [0.1, 0.15) is 0 Å². The molecule has 1 saturated heterocycles. The number of nitrogens with one attached hydrogen (secondary N) is 1. The highest BCUT2D eigenvalue weighted by molar-refractivity contribution is 5.84. The average Bonchev–Trinajstić information content (AvgIpc) is 2.66. The van der Waals surface area contributed by atoms with E-state index in [4.69, 9.17) is 0 Å². The van der Waals surface area contributed by atoms with E-state index in [9.17, 15) is 4.79 Å². The first-order chi connectivity index (χ1) is 9.22. The summed E-state index contributed by atoms with van der Waals surface area (Å²) in [7, 11) is 0. The topological polar surface area (TPSA) is 32.3 Å². The third kappa shape index (κ3) is 3.97. The van der Waals surface area contributed by atoms with E-state index in [1.165, 1.54) is 0 Å². The fraction of sp³-hybridized carbons (Fsp3) is 0.941. The number of carbonyl (C=O) groups is 1. The lowest BCUT2D eigenvalue weighted by Crippen LogP contribution is -2.42. The minimum Gasteiger partial charge on any atom is -0.326 e. The summed E-state index contributed by atoms with van der Waals surface area (Å²) in [6.45, 7) is 16.4. The van der Waals surface area contributed by atoms with Crippen molar-refractivity contribution in [1.82, 2.24) is 10.2 Å². The van der Waals surface area contributed by atoms with Crippen LogP contribution in [0, 0.1) is 17.3 Å². The minimum atomic E-state index is 0.0173. The Morgan fingerprint density at radius 2 is 1.85 bits per heavy atom. The van der Waals surface area contributed by atoms with Crippen LogP contribution in [0.25, 0.3) is 0 Å². The lowest BCUT2D eigenvalue weighted by Gasteiger charge is -2.33. The summed E-state index contributed by atoms with van der Waals surface area (Å²) in [5.41, 5.74) is 0.242. The Hall–Kier alpha value is -0.570. The maximum Gasteiger partial charge on any atom is 0.241 e. The first-order valence-corrected chi connectivity index (χ1v) is 8.28. The highest BCUT2D eigenvalue weighted by Gasteiger charge is 2.41. The summed E-state index contributed by atoms with van der Waals surface area (Å²) in [5.74, 6) is 1.23. The number of hydrogen-bond donors (Lipinski definition) is 1. The molecule has 0 aromatic heterocycles. The predicted octanol–water partition coefficient (Wildman–Crippen LogP) is 3.64. The Kier molecular flexibility index (Phi) is 6.06. The van der Waals surface area contributed by atoms with Gasteiger partial charge in [0.2, 0.25) is 5.91 Å².